The van der Waals surface area contributed by atoms with Gasteiger partial charge in [-0.05, 0) is 32.6 Å². The third kappa shape index (κ3) is 6.78. The summed E-state index contributed by atoms with van der Waals surface area (Å²) in [5, 5.41) is 1.88. The van der Waals surface area contributed by atoms with Crippen LogP contribution in [-0.4, -0.2) is 30.9 Å². The molecule has 0 spiro atoms. The Morgan fingerprint density at radius 1 is 1.29 bits per heavy atom. The third-order valence-electron chi connectivity index (χ3n) is 3.68. The molecule has 0 unspecified atom stereocenters. The van der Waals surface area contributed by atoms with Crippen LogP contribution in [0.25, 0.3) is 0 Å². The summed E-state index contributed by atoms with van der Waals surface area (Å²) in [4.78, 5) is 16.1. The fourth-order valence-electron chi connectivity index (χ4n) is 2.50. The lowest BCUT2D eigenvalue weighted by Crippen LogP contribution is -2.36. The zero-order valence-corrected chi connectivity index (χ0v) is 12.6. The van der Waals surface area contributed by atoms with Crippen LogP contribution < -0.4 is 5.32 Å². The molecule has 1 aliphatic carbocycles. The van der Waals surface area contributed by atoms with Crippen LogP contribution >= 0.6 is 0 Å². The normalized spacial score (nSPS) is 18.7. The Morgan fingerprint density at radius 3 is 2.43 bits per heavy atom. The second-order valence-corrected chi connectivity index (χ2v) is 5.43. The molecule has 1 saturated carbocycles. The van der Waals surface area contributed by atoms with Gasteiger partial charge in [0, 0.05) is 12.3 Å². The molecule has 120 valence electrons. The van der Waals surface area contributed by atoms with Gasteiger partial charge in [0.05, 0.1) is 5.57 Å². The zero-order valence-electron chi connectivity index (χ0n) is 12.6. The minimum Gasteiger partial charge on any atom is -0.343 e. The van der Waals surface area contributed by atoms with Crippen molar-refractivity contribution in [1.82, 2.24) is 5.32 Å². The van der Waals surface area contributed by atoms with Crippen LogP contribution in [0.4, 0.5) is 13.2 Å². The average molecular weight is 304 g/mol. The van der Waals surface area contributed by atoms with E-state index < -0.39 is 18.6 Å². The number of allylic oxidation sites excluding steroid dienone is 1. The molecule has 0 aromatic rings. The predicted octanol–water partition coefficient (Wildman–Crippen LogP) is 3.65. The summed E-state index contributed by atoms with van der Waals surface area (Å²) in [6, 6.07) is 0. The number of aliphatic imine (C=N–C) groups is 1. The second kappa shape index (κ2) is 8.20. The van der Waals surface area contributed by atoms with Crippen molar-refractivity contribution in [2.45, 2.75) is 52.1 Å². The Hall–Kier alpha value is -1.33. The van der Waals surface area contributed by atoms with Crippen molar-refractivity contribution in [3.8, 4) is 0 Å². The summed E-state index contributed by atoms with van der Waals surface area (Å²) in [5.74, 6) is -0.190. The summed E-state index contributed by atoms with van der Waals surface area (Å²) < 4.78 is 36.3. The standard InChI is InChI=1S/C15H23F3N2O/c1-3-13(14(21)20-10-15(16,17)18)11(2)19-9-12-7-5-4-6-8-12/h3,12H,4-10H2,1-2H3,(H,20,21)/b13-3+,19-11?. The number of alkyl halides is 3. The van der Waals surface area contributed by atoms with Gasteiger partial charge in [-0.3, -0.25) is 9.79 Å². The monoisotopic (exact) mass is 304 g/mol. The Labute approximate surface area is 123 Å². The maximum absolute atomic E-state index is 12.1. The van der Waals surface area contributed by atoms with Crippen LogP contribution in [0, 0.1) is 5.92 Å². The molecule has 0 bridgehead atoms. The van der Waals surface area contributed by atoms with Crippen LogP contribution in [0.15, 0.2) is 16.6 Å². The summed E-state index contributed by atoms with van der Waals surface area (Å²) in [6.45, 7) is 2.63. The number of rotatable bonds is 5. The van der Waals surface area contributed by atoms with Crippen molar-refractivity contribution in [3.05, 3.63) is 11.6 Å². The highest BCUT2D eigenvalue weighted by Gasteiger charge is 2.28. The predicted molar refractivity (Wildman–Crippen MR) is 77.4 cm³/mol. The minimum atomic E-state index is -4.40. The van der Waals surface area contributed by atoms with Gasteiger partial charge in [-0.25, -0.2) is 0 Å². The van der Waals surface area contributed by atoms with Crippen molar-refractivity contribution in [1.29, 1.82) is 0 Å². The van der Waals surface area contributed by atoms with Gasteiger partial charge in [-0.2, -0.15) is 13.2 Å². The summed E-state index contributed by atoms with van der Waals surface area (Å²) >= 11 is 0. The van der Waals surface area contributed by atoms with E-state index in [0.717, 1.165) is 12.8 Å². The molecule has 1 N–H and O–H groups in total. The van der Waals surface area contributed by atoms with Gasteiger partial charge in [0.1, 0.15) is 6.54 Å². The van der Waals surface area contributed by atoms with E-state index in [1.807, 2.05) is 5.32 Å². The molecular weight excluding hydrogens is 281 g/mol. The molecule has 0 aromatic heterocycles. The lowest BCUT2D eigenvalue weighted by atomic mass is 9.89. The number of carbonyl (C=O) groups excluding carboxylic acids is 1. The number of hydrogen-bond donors (Lipinski definition) is 1. The number of nitrogens with one attached hydrogen (secondary N) is 1. The molecule has 1 aliphatic rings. The highest BCUT2D eigenvalue weighted by atomic mass is 19.4. The Morgan fingerprint density at radius 2 is 1.90 bits per heavy atom. The summed E-state index contributed by atoms with van der Waals surface area (Å²) in [6.07, 6.45) is 3.07. The van der Waals surface area contributed by atoms with Crippen molar-refractivity contribution in [2.24, 2.45) is 10.9 Å². The first-order valence-electron chi connectivity index (χ1n) is 7.36. The van der Waals surface area contributed by atoms with Gasteiger partial charge in [0.2, 0.25) is 0 Å². The second-order valence-electron chi connectivity index (χ2n) is 5.43. The molecule has 6 heteroatoms. The number of hydrogen-bond acceptors (Lipinski definition) is 2. The molecule has 0 saturated heterocycles. The van der Waals surface area contributed by atoms with Gasteiger partial charge in [0.25, 0.3) is 5.91 Å². The van der Waals surface area contributed by atoms with E-state index in [1.54, 1.807) is 13.8 Å². The van der Waals surface area contributed by atoms with Crippen LogP contribution in [0.5, 0.6) is 0 Å². The maximum atomic E-state index is 12.1. The van der Waals surface area contributed by atoms with E-state index in [9.17, 15) is 18.0 Å². The van der Waals surface area contributed by atoms with Crippen LogP contribution in [0.1, 0.15) is 46.0 Å². The largest absolute Gasteiger partial charge is 0.405 e. The molecule has 0 aliphatic heterocycles. The van der Waals surface area contributed by atoms with Gasteiger partial charge in [-0.1, -0.05) is 25.3 Å². The molecule has 3 nitrogen and oxygen atoms in total. The fourth-order valence-corrected chi connectivity index (χ4v) is 2.50. The van der Waals surface area contributed by atoms with E-state index in [2.05, 4.69) is 4.99 Å². The molecule has 1 rings (SSSR count). The maximum Gasteiger partial charge on any atom is 0.405 e. The van der Waals surface area contributed by atoms with Crippen molar-refractivity contribution >= 4 is 11.6 Å². The van der Waals surface area contributed by atoms with E-state index in [0.29, 0.717) is 18.2 Å². The van der Waals surface area contributed by atoms with E-state index >= 15 is 0 Å². The molecule has 0 heterocycles. The minimum absolute atomic E-state index is 0.218. The van der Waals surface area contributed by atoms with Crippen LogP contribution in [0.3, 0.4) is 0 Å². The highest BCUT2D eigenvalue weighted by molar-refractivity contribution is 6.20. The van der Waals surface area contributed by atoms with Gasteiger partial charge < -0.3 is 5.32 Å². The first-order chi connectivity index (χ1) is 9.83. The Kier molecular flexibility index (Phi) is 6.92. The number of amides is 1. The molecule has 1 amide bonds. The fraction of sp³-hybridized carbons (Fsp3) is 0.733. The highest BCUT2D eigenvalue weighted by Crippen LogP contribution is 2.23. The van der Waals surface area contributed by atoms with Gasteiger partial charge in [0.15, 0.2) is 0 Å². The van der Waals surface area contributed by atoms with Crippen molar-refractivity contribution in [3.63, 3.8) is 0 Å². The van der Waals surface area contributed by atoms with Crippen molar-refractivity contribution < 1.29 is 18.0 Å². The van der Waals surface area contributed by atoms with Crippen LogP contribution in [0.2, 0.25) is 0 Å². The molecule has 0 radical (unpaired) electrons. The number of nitrogens with zero attached hydrogens (tertiary/aromatic N) is 1. The SMILES string of the molecule is C/C=C(/C(=O)NCC(F)(F)F)C(C)=NCC1CCCCC1. The van der Waals surface area contributed by atoms with E-state index in [4.69, 9.17) is 0 Å². The molecule has 0 atom stereocenters. The smallest absolute Gasteiger partial charge is 0.343 e. The zero-order chi connectivity index (χ0) is 15.9. The Balaban J connectivity index is 2.55. The van der Waals surface area contributed by atoms with Gasteiger partial charge >= 0.3 is 6.18 Å². The molecule has 21 heavy (non-hydrogen) atoms. The quantitative estimate of drug-likeness (QED) is 0.611. The first-order valence-corrected chi connectivity index (χ1v) is 7.36. The summed E-state index contributed by atoms with van der Waals surface area (Å²) in [5.41, 5.74) is 0.720. The lowest BCUT2D eigenvalue weighted by molar-refractivity contribution is -0.136. The van der Waals surface area contributed by atoms with Gasteiger partial charge in [-0.15, -0.1) is 0 Å². The van der Waals surface area contributed by atoms with Crippen molar-refractivity contribution in [2.75, 3.05) is 13.1 Å². The molecule has 0 aromatic carbocycles. The third-order valence-corrected chi connectivity index (χ3v) is 3.68. The molecule has 1 fully saturated rings. The topological polar surface area (TPSA) is 41.5 Å². The van der Waals surface area contributed by atoms with Crippen LogP contribution in [-0.2, 0) is 4.79 Å². The summed E-state index contributed by atoms with van der Waals surface area (Å²) in [7, 11) is 0. The Bertz CT molecular complexity index is 408. The van der Waals surface area contributed by atoms with E-state index in [1.165, 1.54) is 25.3 Å². The molecular formula is C15H23F3N2O. The number of halogens is 3. The average Bonchev–Trinajstić information content (AvgIpc) is 2.44. The lowest BCUT2D eigenvalue weighted by Gasteiger charge is -2.20. The number of carbonyl (C=O) groups is 1. The van der Waals surface area contributed by atoms with E-state index in [-0.39, 0.29) is 5.57 Å². The first kappa shape index (κ1) is 17.7.